The molecule has 1 aromatic carbocycles. The van der Waals surface area contributed by atoms with Crippen molar-refractivity contribution in [3.63, 3.8) is 0 Å². The SMILES string of the molecule is CC1NCCC1CN1Cc2ccccc2C1. The van der Waals surface area contributed by atoms with Crippen LogP contribution in [0.5, 0.6) is 0 Å². The van der Waals surface area contributed by atoms with E-state index in [0.717, 1.165) is 19.0 Å². The summed E-state index contributed by atoms with van der Waals surface area (Å²) >= 11 is 0. The van der Waals surface area contributed by atoms with E-state index in [1.54, 1.807) is 0 Å². The number of benzene rings is 1. The standard InChI is InChI=1S/C14H20N2/c1-11-12(6-7-15-11)8-16-9-13-4-2-3-5-14(13)10-16/h2-5,11-12,15H,6-10H2,1H3. The molecule has 16 heavy (non-hydrogen) atoms. The molecule has 0 aromatic heterocycles. The average Bonchev–Trinajstić information content (AvgIpc) is 2.85. The van der Waals surface area contributed by atoms with Gasteiger partial charge in [0.05, 0.1) is 0 Å². The molecule has 0 bridgehead atoms. The van der Waals surface area contributed by atoms with E-state index in [1.165, 1.54) is 30.6 Å². The normalized spacial score (nSPS) is 29.6. The minimum atomic E-state index is 0.698. The minimum absolute atomic E-state index is 0.698. The summed E-state index contributed by atoms with van der Waals surface area (Å²) in [6.07, 6.45) is 1.34. The van der Waals surface area contributed by atoms with Crippen molar-refractivity contribution in [2.75, 3.05) is 13.1 Å². The van der Waals surface area contributed by atoms with Crippen LogP contribution in [0.4, 0.5) is 0 Å². The molecule has 2 unspecified atom stereocenters. The smallest absolute Gasteiger partial charge is 0.0240 e. The van der Waals surface area contributed by atoms with Crippen molar-refractivity contribution in [2.24, 2.45) is 5.92 Å². The summed E-state index contributed by atoms with van der Waals surface area (Å²) < 4.78 is 0. The largest absolute Gasteiger partial charge is 0.314 e. The van der Waals surface area contributed by atoms with Crippen molar-refractivity contribution in [1.29, 1.82) is 0 Å². The molecule has 3 rings (SSSR count). The van der Waals surface area contributed by atoms with E-state index in [0.29, 0.717) is 6.04 Å². The number of hydrogen-bond acceptors (Lipinski definition) is 2. The van der Waals surface area contributed by atoms with Crippen LogP contribution in [0, 0.1) is 5.92 Å². The van der Waals surface area contributed by atoms with Crippen LogP contribution in [-0.4, -0.2) is 24.0 Å². The fraction of sp³-hybridized carbons (Fsp3) is 0.571. The van der Waals surface area contributed by atoms with Gasteiger partial charge in [0.1, 0.15) is 0 Å². The van der Waals surface area contributed by atoms with Gasteiger partial charge in [-0.25, -0.2) is 0 Å². The van der Waals surface area contributed by atoms with Crippen LogP contribution in [-0.2, 0) is 13.1 Å². The molecule has 86 valence electrons. The van der Waals surface area contributed by atoms with E-state index in [-0.39, 0.29) is 0 Å². The van der Waals surface area contributed by atoms with Crippen LogP contribution < -0.4 is 5.32 Å². The van der Waals surface area contributed by atoms with Crippen molar-refractivity contribution in [1.82, 2.24) is 10.2 Å². The van der Waals surface area contributed by atoms with Crippen molar-refractivity contribution >= 4 is 0 Å². The first-order valence-corrected chi connectivity index (χ1v) is 6.35. The van der Waals surface area contributed by atoms with Gasteiger partial charge in [-0.1, -0.05) is 24.3 Å². The number of fused-ring (bicyclic) bond motifs is 1. The third kappa shape index (κ3) is 1.87. The molecule has 2 aliphatic heterocycles. The maximum atomic E-state index is 3.54. The van der Waals surface area contributed by atoms with Gasteiger partial charge in [-0.2, -0.15) is 0 Å². The second-order valence-electron chi connectivity index (χ2n) is 5.23. The van der Waals surface area contributed by atoms with E-state index < -0.39 is 0 Å². The van der Waals surface area contributed by atoms with Gasteiger partial charge in [-0.05, 0) is 36.9 Å². The lowest BCUT2D eigenvalue weighted by atomic mass is 10.0. The highest BCUT2D eigenvalue weighted by Crippen LogP contribution is 2.25. The predicted molar refractivity (Wildman–Crippen MR) is 66.1 cm³/mol. The Labute approximate surface area is 97.6 Å². The highest BCUT2D eigenvalue weighted by molar-refractivity contribution is 5.30. The first-order chi connectivity index (χ1) is 7.83. The van der Waals surface area contributed by atoms with Crippen molar-refractivity contribution in [3.8, 4) is 0 Å². The molecule has 2 nitrogen and oxygen atoms in total. The quantitative estimate of drug-likeness (QED) is 0.813. The summed E-state index contributed by atoms with van der Waals surface area (Å²) in [6, 6.07) is 9.55. The molecule has 1 aromatic rings. The third-order valence-electron chi connectivity index (χ3n) is 4.09. The zero-order valence-corrected chi connectivity index (χ0v) is 9.95. The van der Waals surface area contributed by atoms with Gasteiger partial charge >= 0.3 is 0 Å². The highest BCUT2D eigenvalue weighted by atomic mass is 15.1. The zero-order chi connectivity index (χ0) is 11.0. The van der Waals surface area contributed by atoms with E-state index in [4.69, 9.17) is 0 Å². The molecule has 0 spiro atoms. The summed E-state index contributed by atoms with van der Waals surface area (Å²) in [4.78, 5) is 2.60. The Morgan fingerprint density at radius 1 is 1.25 bits per heavy atom. The summed E-state index contributed by atoms with van der Waals surface area (Å²) in [5.41, 5.74) is 3.06. The molecule has 2 heterocycles. The third-order valence-corrected chi connectivity index (χ3v) is 4.09. The van der Waals surface area contributed by atoms with Gasteiger partial charge in [-0.15, -0.1) is 0 Å². The molecular weight excluding hydrogens is 196 g/mol. The second kappa shape index (κ2) is 4.19. The van der Waals surface area contributed by atoms with Crippen molar-refractivity contribution in [3.05, 3.63) is 35.4 Å². The Morgan fingerprint density at radius 2 is 1.94 bits per heavy atom. The Bertz CT molecular complexity index is 350. The maximum Gasteiger partial charge on any atom is 0.0240 e. The van der Waals surface area contributed by atoms with E-state index in [2.05, 4.69) is 41.4 Å². The Kier molecular flexibility index (Phi) is 2.70. The number of nitrogens with one attached hydrogen (secondary N) is 1. The monoisotopic (exact) mass is 216 g/mol. The first-order valence-electron chi connectivity index (χ1n) is 6.35. The van der Waals surface area contributed by atoms with Crippen LogP contribution in [0.2, 0.25) is 0 Å². The number of nitrogens with zero attached hydrogens (tertiary/aromatic N) is 1. The molecule has 1 fully saturated rings. The molecule has 0 amide bonds. The lowest BCUT2D eigenvalue weighted by Crippen LogP contribution is -2.31. The molecule has 2 heteroatoms. The van der Waals surface area contributed by atoms with Gasteiger partial charge < -0.3 is 5.32 Å². The summed E-state index contributed by atoms with van der Waals surface area (Å²) in [7, 11) is 0. The van der Waals surface area contributed by atoms with Gasteiger partial charge in [-0.3, -0.25) is 4.90 Å². The molecular formula is C14H20N2. The summed E-state index contributed by atoms with van der Waals surface area (Å²) in [6.45, 7) is 7.08. The van der Waals surface area contributed by atoms with Crippen LogP contribution in [0.3, 0.4) is 0 Å². The topological polar surface area (TPSA) is 15.3 Å². The predicted octanol–water partition coefficient (Wildman–Crippen LogP) is 2.00. The fourth-order valence-corrected chi connectivity index (χ4v) is 3.03. The van der Waals surface area contributed by atoms with Gasteiger partial charge in [0.25, 0.3) is 0 Å². The zero-order valence-electron chi connectivity index (χ0n) is 9.95. The van der Waals surface area contributed by atoms with E-state index in [1.807, 2.05) is 0 Å². The van der Waals surface area contributed by atoms with Crippen LogP contribution in [0.1, 0.15) is 24.5 Å². The Hall–Kier alpha value is -0.860. The molecule has 0 saturated carbocycles. The van der Waals surface area contributed by atoms with Crippen molar-refractivity contribution < 1.29 is 0 Å². The van der Waals surface area contributed by atoms with E-state index in [9.17, 15) is 0 Å². The lowest BCUT2D eigenvalue weighted by molar-refractivity contribution is 0.228. The maximum absolute atomic E-state index is 3.54. The lowest BCUT2D eigenvalue weighted by Gasteiger charge is -2.22. The molecule has 0 radical (unpaired) electrons. The van der Waals surface area contributed by atoms with Crippen molar-refractivity contribution in [2.45, 2.75) is 32.5 Å². The summed E-state index contributed by atoms with van der Waals surface area (Å²) in [5, 5.41) is 3.54. The van der Waals surface area contributed by atoms with Gasteiger partial charge in [0.15, 0.2) is 0 Å². The van der Waals surface area contributed by atoms with Gasteiger partial charge in [0.2, 0.25) is 0 Å². The molecule has 2 aliphatic rings. The molecule has 1 N–H and O–H groups in total. The highest BCUT2D eigenvalue weighted by Gasteiger charge is 2.27. The molecule has 1 saturated heterocycles. The molecule has 0 aliphatic carbocycles. The Balaban J connectivity index is 1.63. The number of hydrogen-bond donors (Lipinski definition) is 1. The minimum Gasteiger partial charge on any atom is -0.314 e. The fourth-order valence-electron chi connectivity index (χ4n) is 3.03. The van der Waals surface area contributed by atoms with Crippen LogP contribution >= 0.6 is 0 Å². The Morgan fingerprint density at radius 3 is 2.50 bits per heavy atom. The number of rotatable bonds is 2. The summed E-state index contributed by atoms with van der Waals surface area (Å²) in [5.74, 6) is 0.842. The molecule has 2 atom stereocenters. The van der Waals surface area contributed by atoms with Crippen LogP contribution in [0.15, 0.2) is 24.3 Å². The van der Waals surface area contributed by atoms with Crippen LogP contribution in [0.25, 0.3) is 0 Å². The van der Waals surface area contributed by atoms with Gasteiger partial charge in [0, 0.05) is 25.7 Å². The average molecular weight is 216 g/mol. The van der Waals surface area contributed by atoms with E-state index >= 15 is 0 Å². The first kappa shape index (κ1) is 10.3. The second-order valence-corrected chi connectivity index (χ2v) is 5.23.